The summed E-state index contributed by atoms with van der Waals surface area (Å²) in [6.45, 7) is 11.8. The van der Waals surface area contributed by atoms with Gasteiger partial charge in [0.05, 0.1) is 31.5 Å². The summed E-state index contributed by atoms with van der Waals surface area (Å²) in [6.07, 6.45) is 11.0. The minimum absolute atomic E-state index is 0.00826. The van der Waals surface area contributed by atoms with Gasteiger partial charge in [0, 0.05) is 69.3 Å². The van der Waals surface area contributed by atoms with Gasteiger partial charge in [0.15, 0.2) is 40.6 Å². The highest BCUT2D eigenvalue weighted by atomic mass is 16.7. The Morgan fingerprint density at radius 3 is 1.78 bits per heavy atom. The van der Waals surface area contributed by atoms with Crippen LogP contribution in [0.2, 0.25) is 0 Å². The summed E-state index contributed by atoms with van der Waals surface area (Å²) in [5.41, 5.74) is 6.65. The Bertz CT molecular complexity index is 3770. The molecule has 8 aliphatic carbocycles. The fourth-order valence-corrected chi connectivity index (χ4v) is 18.8. The second-order valence-corrected chi connectivity index (χ2v) is 29.5. The van der Waals surface area contributed by atoms with E-state index in [1.54, 1.807) is 62.6 Å². The molecule has 0 bridgehead atoms. The molecule has 19 nitrogen and oxygen atoms in total. The second kappa shape index (κ2) is 25.3. The number of carbonyl (C=O) groups is 5. The number of phenolic OH excluding ortho intramolecular Hbond substituents is 2. The van der Waals surface area contributed by atoms with E-state index in [0.717, 1.165) is 59.1 Å². The molecular formula is C75H90N2O17. The number of benzene rings is 4. The van der Waals surface area contributed by atoms with Crippen LogP contribution in [-0.4, -0.2) is 132 Å². The van der Waals surface area contributed by atoms with E-state index in [1.165, 1.54) is 0 Å². The van der Waals surface area contributed by atoms with E-state index in [4.69, 9.17) is 24.7 Å². The molecule has 0 aromatic heterocycles. The largest absolute Gasteiger partial charge is 0.508 e. The van der Waals surface area contributed by atoms with Gasteiger partial charge in [-0.1, -0.05) is 93.5 Å². The summed E-state index contributed by atoms with van der Waals surface area (Å²) in [7, 11) is 1.56. The average Bonchev–Trinajstić information content (AvgIpc) is 1.47. The molecule has 0 radical (unpaired) electrons. The number of hydrogen-bond donors (Lipinski definition) is 10. The van der Waals surface area contributed by atoms with Crippen LogP contribution < -0.4 is 15.8 Å². The van der Waals surface area contributed by atoms with Gasteiger partial charge >= 0.3 is 6.09 Å². The lowest BCUT2D eigenvalue weighted by Gasteiger charge is -2.59. The molecule has 17 atom stereocenters. The predicted molar refractivity (Wildman–Crippen MR) is 349 cm³/mol. The number of fused-ring (bicyclic) bond motifs is 12. The molecule has 7 fully saturated rings. The number of aliphatic hydroxyl groups is 6. The number of hydrogen-bond acceptors (Lipinski definition) is 18. The van der Waals surface area contributed by atoms with Crippen LogP contribution in [-0.2, 0) is 46.2 Å². The number of nitrogen functional groups attached to an aromatic ring is 1. The Morgan fingerprint density at radius 1 is 0.691 bits per heavy atom. The van der Waals surface area contributed by atoms with E-state index in [1.807, 2.05) is 107 Å². The first-order valence-electron chi connectivity index (χ1n) is 32.7. The lowest BCUT2D eigenvalue weighted by Crippen LogP contribution is -2.63. The number of ketones is 4. The Kier molecular flexibility index (Phi) is 18.4. The SMILES string of the molecule is COc1ccc(Cc2cccc(NC(=O)OC(C)(C)C)c2)c(O)c1.C[C@]12C=CC(=O)C=C1CC[C@@H]1[C@@H]2[C@@H](O)C[C@@]2(C)[C@H]1C[C@@H](O)[C@]2(O)C(=O)CO.C[C@]12C=CC(=O)C=C1CC[C@@H]1[C@@H]2[C@@H](O)C[C@@]2(C)[C@H]1C[C@H]1O[C@@H](c3ccc(Cc4cccc(N)c4)c(O)c3)O[C@]12C(=O)CO. The van der Waals surface area contributed by atoms with Crippen molar-refractivity contribution < 1.29 is 83.8 Å². The highest BCUT2D eigenvalue weighted by Crippen LogP contribution is 2.71. The molecule has 94 heavy (non-hydrogen) atoms. The van der Waals surface area contributed by atoms with Crippen molar-refractivity contribution in [1.29, 1.82) is 0 Å². The third-order valence-corrected chi connectivity index (χ3v) is 23.1. The Morgan fingerprint density at radius 2 is 1.23 bits per heavy atom. The van der Waals surface area contributed by atoms with Crippen LogP contribution in [0.3, 0.4) is 0 Å². The molecule has 4 aromatic rings. The molecule has 11 N–H and O–H groups in total. The lowest BCUT2D eigenvalue weighted by atomic mass is 9.46. The van der Waals surface area contributed by atoms with Crippen LogP contribution in [0.4, 0.5) is 16.2 Å². The number of methoxy groups -OCH3 is 1. The van der Waals surface area contributed by atoms with Crippen molar-refractivity contribution in [3.8, 4) is 17.2 Å². The number of nitrogens with two attached hydrogens (primary N) is 1. The minimum Gasteiger partial charge on any atom is -0.508 e. The third kappa shape index (κ3) is 11.7. The maximum atomic E-state index is 13.7. The van der Waals surface area contributed by atoms with Crippen LogP contribution in [0.15, 0.2) is 133 Å². The summed E-state index contributed by atoms with van der Waals surface area (Å²) in [6, 6.07) is 25.4. The molecule has 6 saturated carbocycles. The van der Waals surface area contributed by atoms with Gasteiger partial charge in [-0.3, -0.25) is 24.5 Å². The number of aromatic hydroxyl groups is 2. The van der Waals surface area contributed by atoms with E-state index in [2.05, 4.69) is 12.2 Å². The summed E-state index contributed by atoms with van der Waals surface area (Å²) >= 11 is 0. The van der Waals surface area contributed by atoms with Gasteiger partial charge in [0.1, 0.15) is 36.1 Å². The van der Waals surface area contributed by atoms with E-state index in [9.17, 15) is 64.8 Å². The number of allylic oxidation sites excluding steroid dienone is 8. The molecule has 0 unspecified atom stereocenters. The van der Waals surface area contributed by atoms with Gasteiger partial charge in [-0.2, -0.15) is 0 Å². The monoisotopic (exact) mass is 1290 g/mol. The highest BCUT2D eigenvalue weighted by molar-refractivity contribution is 6.02. The number of Topliss-reactive ketones (excluding diaryl/α,β-unsaturated/α-hetero) is 2. The maximum Gasteiger partial charge on any atom is 0.412 e. The standard InChI is InChI=1S/C35H39NO7.C21H28O6.C19H23NO4/c1-33-11-10-24(38)15-22(33)8-9-25-26-16-30-35(29(41)18-37,34(26,2)17-28(40)31(25)33)43-32(42-30)21-7-6-20(27(39)14-21)12-19-4-3-5-23(36)13-19;1-19-6-5-12(23)7-11(19)3-4-13-14-8-16(25)21(27,17(26)10-22)20(14,2)9-15(24)18(13)19;1-19(2,3)24-18(22)20-15-7-5-6-13(11-15)10-14-8-9-16(23-4)12-17(14)21/h3-7,10-11,13-15,25-26,28,30-32,37,39-40H,8-9,12,16-18,36H2,1-2H3;5-7,13-16,18,22,24-25,27H,3-4,8-10H2,1-2H3;5-9,11-12,21H,10H2,1-4H3,(H,20,22)/t25-,26-,28-,30+,31+,32+,33-,34-,35+;13-,14-,15-,16+,18+,19-,20-,21-;/m00./s1. The zero-order chi connectivity index (χ0) is 67.8. The topological polar surface area (TPSA) is 322 Å². The van der Waals surface area contributed by atoms with Crippen molar-refractivity contribution in [3.63, 3.8) is 0 Å². The summed E-state index contributed by atoms with van der Waals surface area (Å²) < 4.78 is 23.5. The average molecular weight is 1290 g/mol. The lowest BCUT2D eigenvalue weighted by molar-refractivity contribution is -0.201. The fraction of sp³-hybridized carbons (Fsp3) is 0.507. The number of phenols is 2. The smallest absolute Gasteiger partial charge is 0.412 e. The minimum atomic E-state index is -2.05. The van der Waals surface area contributed by atoms with E-state index in [-0.39, 0.29) is 71.4 Å². The first-order chi connectivity index (χ1) is 44.4. The Hall–Kier alpha value is -7.33. The number of amides is 1. The van der Waals surface area contributed by atoms with Gasteiger partial charge in [-0.15, -0.1) is 0 Å². The zero-order valence-corrected chi connectivity index (χ0v) is 54.7. The van der Waals surface area contributed by atoms with Crippen molar-refractivity contribution in [2.24, 2.45) is 57.2 Å². The highest BCUT2D eigenvalue weighted by Gasteiger charge is 2.76. The number of carbonyl (C=O) groups excluding carboxylic acids is 5. The van der Waals surface area contributed by atoms with Crippen LogP contribution in [0.5, 0.6) is 17.2 Å². The summed E-state index contributed by atoms with van der Waals surface area (Å²) in [5.74, 6) is -0.670. The molecule has 1 heterocycles. The van der Waals surface area contributed by atoms with E-state index < -0.39 is 100 Å². The second-order valence-electron chi connectivity index (χ2n) is 29.5. The maximum absolute atomic E-state index is 13.7. The first-order valence-corrected chi connectivity index (χ1v) is 32.7. The van der Waals surface area contributed by atoms with Crippen molar-refractivity contribution in [1.82, 2.24) is 0 Å². The van der Waals surface area contributed by atoms with E-state index >= 15 is 0 Å². The zero-order valence-electron chi connectivity index (χ0n) is 54.7. The molecule has 19 heteroatoms. The number of nitrogens with one attached hydrogen (secondary N) is 1. The van der Waals surface area contributed by atoms with Gasteiger partial charge < -0.3 is 65.5 Å². The molecular weight excluding hydrogens is 1200 g/mol. The third-order valence-electron chi connectivity index (χ3n) is 23.1. The molecule has 0 spiro atoms. The van der Waals surface area contributed by atoms with Gasteiger partial charge in [0.2, 0.25) is 0 Å². The molecule has 4 aromatic carbocycles. The Labute approximate surface area is 548 Å². The van der Waals surface area contributed by atoms with Gasteiger partial charge in [-0.25, -0.2) is 4.79 Å². The Balaban J connectivity index is 0.000000153. The molecule has 1 amide bonds. The number of rotatable bonds is 11. The first kappa shape index (κ1) is 68.1. The quantitative estimate of drug-likeness (QED) is 0.0626. The van der Waals surface area contributed by atoms with Crippen LogP contribution in [0, 0.1) is 57.2 Å². The van der Waals surface area contributed by atoms with Crippen molar-refractivity contribution in [3.05, 3.63) is 160 Å². The van der Waals surface area contributed by atoms with E-state index in [0.29, 0.717) is 48.4 Å². The summed E-state index contributed by atoms with van der Waals surface area (Å²) in [5, 5.41) is 88.0. The van der Waals surface area contributed by atoms with Gasteiger partial charge in [0.25, 0.3) is 0 Å². The van der Waals surface area contributed by atoms with Crippen molar-refractivity contribution in [2.75, 3.05) is 31.4 Å². The summed E-state index contributed by atoms with van der Waals surface area (Å²) in [4.78, 5) is 62.0. The molecule has 502 valence electrons. The van der Waals surface area contributed by atoms with Crippen molar-refractivity contribution >= 4 is 40.6 Å². The molecule has 1 aliphatic heterocycles. The molecule has 9 aliphatic rings. The normalized spacial score (nSPS) is 35.6. The van der Waals surface area contributed by atoms with Gasteiger partial charge in [-0.05, 0) is 179 Å². The predicted octanol–water partition coefficient (Wildman–Crippen LogP) is 9.04. The van der Waals surface area contributed by atoms with Crippen LogP contribution in [0.25, 0.3) is 0 Å². The number of aliphatic hydroxyl groups excluding tert-OH is 5. The number of ether oxygens (including phenoxy) is 4. The van der Waals surface area contributed by atoms with Crippen molar-refractivity contribution in [2.45, 2.75) is 160 Å². The fourth-order valence-electron chi connectivity index (χ4n) is 18.8. The van der Waals surface area contributed by atoms with Crippen LogP contribution >= 0.6 is 0 Å². The molecule has 13 rings (SSSR count). The van der Waals surface area contributed by atoms with Crippen LogP contribution in [0.1, 0.15) is 134 Å². The molecule has 1 saturated heterocycles. The number of anilines is 2.